The summed E-state index contributed by atoms with van der Waals surface area (Å²) in [5.74, 6) is -1.11. The van der Waals surface area contributed by atoms with Crippen LogP contribution in [0.25, 0.3) is 0 Å². The molecule has 1 N–H and O–H groups in total. The number of amides is 1. The molecule has 0 spiro atoms. The molecule has 0 bridgehead atoms. The van der Waals surface area contributed by atoms with Crippen LogP contribution < -0.4 is 5.32 Å². The van der Waals surface area contributed by atoms with Crippen LogP contribution in [-0.2, 0) is 0 Å². The molecule has 1 aromatic rings. The lowest BCUT2D eigenvalue weighted by atomic mass is 10.1. The second kappa shape index (κ2) is 5.96. The summed E-state index contributed by atoms with van der Waals surface area (Å²) in [4.78, 5) is 17.2. The third kappa shape index (κ3) is 2.74. The number of pyridine rings is 1. The Hall–Kier alpha value is -2.16. The lowest BCUT2D eigenvalue weighted by Crippen LogP contribution is -2.35. The van der Waals surface area contributed by atoms with Gasteiger partial charge < -0.3 is 10.2 Å². The van der Waals surface area contributed by atoms with E-state index in [1.807, 2.05) is 6.07 Å². The van der Waals surface area contributed by atoms with E-state index in [2.05, 4.69) is 10.3 Å². The number of nitriles is 1. The van der Waals surface area contributed by atoms with Gasteiger partial charge in [0.25, 0.3) is 5.91 Å². The average Bonchev–Trinajstić information content (AvgIpc) is 2.37. The molecule has 6 heteroatoms. The van der Waals surface area contributed by atoms with Gasteiger partial charge in [0.2, 0.25) is 0 Å². The first-order valence-corrected chi connectivity index (χ1v) is 5.49. The highest BCUT2D eigenvalue weighted by Gasteiger charge is 2.22. The standard InChI is InChI=1S/C12H15FN4O/c1-8(4-6-14)17(3)12(18)9-5-7-16-11(15-2)10(9)13/h5,7-8H,4H2,1-3H3,(H,15,16). The zero-order chi connectivity index (χ0) is 13.7. The van der Waals surface area contributed by atoms with E-state index >= 15 is 0 Å². The second-order valence-corrected chi connectivity index (χ2v) is 3.90. The van der Waals surface area contributed by atoms with Gasteiger partial charge in [0, 0.05) is 26.3 Å². The number of nitrogens with one attached hydrogen (secondary N) is 1. The first-order chi connectivity index (χ1) is 8.52. The van der Waals surface area contributed by atoms with Crippen LogP contribution in [0.2, 0.25) is 0 Å². The van der Waals surface area contributed by atoms with Gasteiger partial charge >= 0.3 is 0 Å². The Balaban J connectivity index is 3.01. The van der Waals surface area contributed by atoms with Gasteiger partial charge in [-0.2, -0.15) is 5.26 Å². The van der Waals surface area contributed by atoms with Crippen molar-refractivity contribution in [3.05, 3.63) is 23.6 Å². The predicted molar refractivity (Wildman–Crippen MR) is 65.5 cm³/mol. The summed E-state index contributed by atoms with van der Waals surface area (Å²) in [6.07, 6.45) is 1.57. The molecule has 0 aliphatic carbocycles. The van der Waals surface area contributed by atoms with Gasteiger partial charge in [-0.3, -0.25) is 4.79 Å². The lowest BCUT2D eigenvalue weighted by molar-refractivity contribution is 0.0741. The Kier molecular flexibility index (Phi) is 4.60. The van der Waals surface area contributed by atoms with Crippen molar-refractivity contribution in [2.24, 2.45) is 0 Å². The highest BCUT2D eigenvalue weighted by Crippen LogP contribution is 2.17. The topological polar surface area (TPSA) is 69.0 Å². The molecule has 0 saturated heterocycles. The Morgan fingerprint density at radius 3 is 2.94 bits per heavy atom. The SMILES string of the molecule is CNc1nccc(C(=O)N(C)C(C)CC#N)c1F. The summed E-state index contributed by atoms with van der Waals surface area (Å²) >= 11 is 0. The van der Waals surface area contributed by atoms with Gasteiger partial charge in [0.05, 0.1) is 18.1 Å². The monoisotopic (exact) mass is 250 g/mol. The van der Waals surface area contributed by atoms with E-state index < -0.39 is 11.7 Å². The molecular formula is C12H15FN4O. The number of nitrogens with zero attached hydrogens (tertiary/aromatic N) is 3. The van der Waals surface area contributed by atoms with Gasteiger partial charge in [-0.25, -0.2) is 9.37 Å². The number of hydrogen-bond acceptors (Lipinski definition) is 4. The first kappa shape index (κ1) is 13.9. The highest BCUT2D eigenvalue weighted by molar-refractivity contribution is 5.95. The van der Waals surface area contributed by atoms with Gasteiger partial charge in [-0.1, -0.05) is 0 Å². The fraction of sp³-hybridized carbons (Fsp3) is 0.417. The largest absolute Gasteiger partial charge is 0.371 e. The molecule has 1 amide bonds. The molecule has 0 saturated carbocycles. The van der Waals surface area contributed by atoms with Crippen LogP contribution in [0.5, 0.6) is 0 Å². The van der Waals surface area contributed by atoms with E-state index in [9.17, 15) is 9.18 Å². The molecule has 0 aliphatic rings. The normalized spacial score (nSPS) is 11.5. The van der Waals surface area contributed by atoms with Crippen LogP contribution >= 0.6 is 0 Å². The number of halogens is 1. The third-order valence-electron chi connectivity index (χ3n) is 2.72. The molecule has 18 heavy (non-hydrogen) atoms. The van der Waals surface area contributed by atoms with E-state index in [1.165, 1.54) is 24.2 Å². The van der Waals surface area contributed by atoms with Crippen molar-refractivity contribution in [2.45, 2.75) is 19.4 Å². The van der Waals surface area contributed by atoms with E-state index in [0.29, 0.717) is 0 Å². The van der Waals surface area contributed by atoms with Crippen molar-refractivity contribution in [1.82, 2.24) is 9.88 Å². The molecule has 1 atom stereocenters. The second-order valence-electron chi connectivity index (χ2n) is 3.90. The van der Waals surface area contributed by atoms with Crippen LogP contribution in [0.3, 0.4) is 0 Å². The fourth-order valence-corrected chi connectivity index (χ4v) is 1.44. The Labute approximate surface area is 105 Å². The number of carbonyl (C=O) groups is 1. The van der Waals surface area contributed by atoms with Gasteiger partial charge in [0.15, 0.2) is 11.6 Å². The van der Waals surface area contributed by atoms with Crippen molar-refractivity contribution < 1.29 is 9.18 Å². The summed E-state index contributed by atoms with van der Waals surface area (Å²) in [5, 5.41) is 11.2. The molecule has 0 aliphatic heterocycles. The van der Waals surface area contributed by atoms with Gasteiger partial charge in [0.1, 0.15) is 0 Å². The van der Waals surface area contributed by atoms with Crippen molar-refractivity contribution in [2.75, 3.05) is 19.4 Å². The van der Waals surface area contributed by atoms with Crippen LogP contribution in [0.15, 0.2) is 12.3 Å². The Bertz CT molecular complexity index is 483. The molecule has 0 fully saturated rings. The number of carbonyl (C=O) groups excluding carboxylic acids is 1. The molecule has 1 aromatic heterocycles. The van der Waals surface area contributed by atoms with E-state index in [4.69, 9.17) is 5.26 Å². The summed E-state index contributed by atoms with van der Waals surface area (Å²) < 4.78 is 13.9. The minimum atomic E-state index is -0.680. The summed E-state index contributed by atoms with van der Waals surface area (Å²) in [6, 6.07) is 3.04. The molecule has 5 nitrogen and oxygen atoms in total. The highest BCUT2D eigenvalue weighted by atomic mass is 19.1. The Morgan fingerprint density at radius 1 is 1.72 bits per heavy atom. The zero-order valence-electron chi connectivity index (χ0n) is 10.6. The van der Waals surface area contributed by atoms with E-state index in [0.717, 1.165) is 0 Å². The molecule has 0 radical (unpaired) electrons. The number of rotatable bonds is 4. The maximum absolute atomic E-state index is 13.9. The number of hydrogen-bond donors (Lipinski definition) is 1. The minimum absolute atomic E-state index is 0.0298. The third-order valence-corrected chi connectivity index (χ3v) is 2.72. The summed E-state index contributed by atoms with van der Waals surface area (Å²) in [7, 11) is 3.07. The Morgan fingerprint density at radius 2 is 2.39 bits per heavy atom. The van der Waals surface area contributed by atoms with Crippen molar-refractivity contribution in [3.63, 3.8) is 0 Å². The molecule has 1 rings (SSSR count). The predicted octanol–water partition coefficient (Wildman–Crippen LogP) is 1.64. The first-order valence-electron chi connectivity index (χ1n) is 5.49. The average molecular weight is 250 g/mol. The van der Waals surface area contributed by atoms with E-state index in [1.54, 1.807) is 14.0 Å². The number of anilines is 1. The zero-order valence-corrected chi connectivity index (χ0v) is 10.6. The van der Waals surface area contributed by atoms with Crippen LogP contribution in [0, 0.1) is 17.1 Å². The van der Waals surface area contributed by atoms with Crippen LogP contribution in [0.4, 0.5) is 10.2 Å². The van der Waals surface area contributed by atoms with Crippen molar-refractivity contribution >= 4 is 11.7 Å². The number of aromatic nitrogens is 1. The molecule has 1 unspecified atom stereocenters. The lowest BCUT2D eigenvalue weighted by Gasteiger charge is -2.23. The van der Waals surface area contributed by atoms with Crippen molar-refractivity contribution in [3.8, 4) is 6.07 Å². The molecule has 0 aromatic carbocycles. The quantitative estimate of drug-likeness (QED) is 0.882. The van der Waals surface area contributed by atoms with Crippen molar-refractivity contribution in [1.29, 1.82) is 5.26 Å². The van der Waals surface area contributed by atoms with E-state index in [-0.39, 0.29) is 23.8 Å². The molecular weight excluding hydrogens is 235 g/mol. The smallest absolute Gasteiger partial charge is 0.257 e. The summed E-state index contributed by atoms with van der Waals surface area (Å²) in [5.41, 5.74) is -0.0540. The molecule has 96 valence electrons. The fourth-order valence-electron chi connectivity index (χ4n) is 1.44. The maximum atomic E-state index is 13.9. The minimum Gasteiger partial charge on any atom is -0.371 e. The van der Waals surface area contributed by atoms with Crippen LogP contribution in [0.1, 0.15) is 23.7 Å². The van der Waals surface area contributed by atoms with Gasteiger partial charge in [-0.05, 0) is 13.0 Å². The van der Waals surface area contributed by atoms with Gasteiger partial charge in [-0.15, -0.1) is 0 Å². The molecule has 1 heterocycles. The van der Waals surface area contributed by atoms with Crippen LogP contribution in [-0.4, -0.2) is 35.9 Å². The summed E-state index contributed by atoms with van der Waals surface area (Å²) in [6.45, 7) is 1.74. The maximum Gasteiger partial charge on any atom is 0.257 e.